The number of ether oxygens (including phenoxy) is 5. The highest BCUT2D eigenvalue weighted by atomic mass is 16.7. The molecule has 0 radical (unpaired) electrons. The summed E-state index contributed by atoms with van der Waals surface area (Å²) in [6.07, 6.45) is 62.2. The normalized spacial score (nSPS) is 18.4. The zero-order valence-electron chi connectivity index (χ0n) is 51.0. The minimum absolute atomic E-state index is 0.0270. The Morgan fingerprint density at radius 2 is 0.778 bits per heavy atom. The van der Waals surface area contributed by atoms with Crippen LogP contribution in [-0.2, 0) is 42.9 Å². The number of carbonyl (C=O) groups is 4. The van der Waals surface area contributed by atoms with E-state index in [1.165, 1.54) is 83.5 Å². The third kappa shape index (κ3) is 45.8. The van der Waals surface area contributed by atoms with Crippen molar-refractivity contribution in [3.8, 4) is 0 Å². The molecule has 462 valence electrons. The number of carbonyl (C=O) groups excluding carboxylic acids is 3. The van der Waals surface area contributed by atoms with Crippen LogP contribution in [0.1, 0.15) is 265 Å². The van der Waals surface area contributed by atoms with Gasteiger partial charge < -0.3 is 39.0 Å². The van der Waals surface area contributed by atoms with Gasteiger partial charge >= 0.3 is 23.9 Å². The van der Waals surface area contributed by atoms with Gasteiger partial charge in [0.25, 0.3) is 0 Å². The molecule has 0 bridgehead atoms. The fourth-order valence-corrected chi connectivity index (χ4v) is 9.29. The monoisotopic (exact) mass is 1130 g/mol. The van der Waals surface area contributed by atoms with E-state index in [9.17, 15) is 34.5 Å². The van der Waals surface area contributed by atoms with Gasteiger partial charge in [0.2, 0.25) is 0 Å². The molecule has 12 nitrogen and oxygen atoms in total. The Morgan fingerprint density at radius 3 is 1.19 bits per heavy atom. The summed E-state index contributed by atoms with van der Waals surface area (Å²) in [4.78, 5) is 51.3. The first-order chi connectivity index (χ1) is 39.6. The molecule has 1 aliphatic heterocycles. The topological polar surface area (TPSA) is 175 Å². The summed E-state index contributed by atoms with van der Waals surface area (Å²) in [5.41, 5.74) is 0. The molecular weight excluding hydrogens is 1020 g/mol. The van der Waals surface area contributed by atoms with Gasteiger partial charge in [-0.2, -0.15) is 0 Å². The lowest BCUT2D eigenvalue weighted by Gasteiger charge is -2.40. The van der Waals surface area contributed by atoms with E-state index in [2.05, 4.69) is 118 Å². The fraction of sp³-hybridized carbons (Fsp3) is 0.710. The molecule has 6 atom stereocenters. The van der Waals surface area contributed by atoms with E-state index in [-0.39, 0.29) is 25.9 Å². The van der Waals surface area contributed by atoms with Crippen LogP contribution in [0, 0.1) is 0 Å². The van der Waals surface area contributed by atoms with E-state index in [0.29, 0.717) is 19.3 Å². The number of hydrogen-bond donors (Lipinski definition) is 3. The minimum atomic E-state index is -1.92. The Labute approximate surface area is 492 Å². The predicted octanol–water partition coefficient (Wildman–Crippen LogP) is 17.2. The molecule has 0 saturated carbocycles. The minimum Gasteiger partial charge on any atom is -0.479 e. The van der Waals surface area contributed by atoms with Gasteiger partial charge in [-0.3, -0.25) is 14.4 Å². The van der Waals surface area contributed by atoms with E-state index in [1.54, 1.807) is 0 Å². The van der Waals surface area contributed by atoms with E-state index >= 15 is 0 Å². The molecule has 12 heteroatoms. The lowest BCUT2D eigenvalue weighted by atomic mass is 9.98. The number of aliphatic hydroxyl groups excluding tert-OH is 2. The average Bonchev–Trinajstić information content (AvgIpc) is 3.53. The van der Waals surface area contributed by atoms with Gasteiger partial charge in [-0.25, -0.2) is 4.79 Å². The SMILES string of the molecule is CC/C=C\C/C=C\C/C=C\C/C=C\CCCCCCC(=O)OCC(COC1OC(C(=O)O)C(O)C(O)C1OC(=O)CCCCCC/C=C\C/C=C\C/C=C\C/C=C\CC)OC(=O)CCCCCCCCCCCCCCCCCCC. The summed E-state index contributed by atoms with van der Waals surface area (Å²) in [5.74, 6) is -3.18. The molecule has 0 spiro atoms. The Balaban J connectivity index is 2.70. The van der Waals surface area contributed by atoms with Gasteiger partial charge in [-0.05, 0) is 96.3 Å². The molecule has 0 aromatic carbocycles. The molecule has 0 aromatic heterocycles. The highest BCUT2D eigenvalue weighted by Gasteiger charge is 2.50. The molecule has 6 unspecified atom stereocenters. The van der Waals surface area contributed by atoms with Crippen molar-refractivity contribution in [3.63, 3.8) is 0 Å². The highest BCUT2D eigenvalue weighted by Crippen LogP contribution is 2.26. The van der Waals surface area contributed by atoms with Crippen LogP contribution in [0.5, 0.6) is 0 Å². The van der Waals surface area contributed by atoms with Crippen LogP contribution >= 0.6 is 0 Å². The quantitative estimate of drug-likeness (QED) is 0.0228. The molecule has 0 amide bonds. The average molecular weight is 1140 g/mol. The number of rotatable bonds is 54. The molecule has 1 heterocycles. The van der Waals surface area contributed by atoms with Crippen LogP contribution in [0.25, 0.3) is 0 Å². The Bertz CT molecular complexity index is 1780. The number of hydrogen-bond acceptors (Lipinski definition) is 11. The molecule has 1 fully saturated rings. The van der Waals surface area contributed by atoms with Gasteiger partial charge in [-0.15, -0.1) is 0 Å². The largest absolute Gasteiger partial charge is 0.479 e. The van der Waals surface area contributed by atoms with Crippen LogP contribution in [0.3, 0.4) is 0 Å². The lowest BCUT2D eigenvalue weighted by Crippen LogP contribution is -2.61. The van der Waals surface area contributed by atoms with Crippen LogP contribution in [-0.4, -0.2) is 89.2 Å². The van der Waals surface area contributed by atoms with Crippen LogP contribution in [0.2, 0.25) is 0 Å². The molecule has 81 heavy (non-hydrogen) atoms. The van der Waals surface area contributed by atoms with Crippen molar-refractivity contribution in [3.05, 3.63) is 97.2 Å². The van der Waals surface area contributed by atoms with Gasteiger partial charge in [0, 0.05) is 19.3 Å². The Hall–Kier alpha value is -4.36. The molecular formula is C69H114O12. The predicted molar refractivity (Wildman–Crippen MR) is 331 cm³/mol. The van der Waals surface area contributed by atoms with Crippen molar-refractivity contribution in [2.45, 2.75) is 302 Å². The van der Waals surface area contributed by atoms with Gasteiger partial charge in [0.15, 0.2) is 24.6 Å². The number of aliphatic hydroxyl groups is 2. The van der Waals surface area contributed by atoms with Crippen molar-refractivity contribution in [2.75, 3.05) is 13.2 Å². The fourth-order valence-electron chi connectivity index (χ4n) is 9.29. The maximum atomic E-state index is 13.2. The molecule has 3 N–H and O–H groups in total. The summed E-state index contributed by atoms with van der Waals surface area (Å²) >= 11 is 0. The number of aliphatic carboxylic acids is 1. The third-order valence-corrected chi connectivity index (χ3v) is 14.2. The number of carboxylic acids is 1. The van der Waals surface area contributed by atoms with E-state index < -0.39 is 67.3 Å². The van der Waals surface area contributed by atoms with Crippen LogP contribution in [0.4, 0.5) is 0 Å². The standard InChI is InChI=1S/C69H114O12/c1-4-7-10-13-16-19-22-25-28-31-34-37-40-43-46-49-52-55-61(70)77-58-60(79-62(71)56-53-50-47-44-41-38-35-32-29-26-23-20-17-14-11-8-5-2)59-78-69-67(65(74)64(73)66(81-69)68(75)76)80-63(72)57-54-51-48-45-42-39-36-33-30-27-24-21-18-15-12-9-6-3/h7,9-10,12,16,18-19,21,25,27-28,30,34,36-37,39,60,64-67,69,73-74H,4-6,8,11,13-15,17,20,22-24,26,29,31-33,35,38,40-59H2,1-3H3,(H,75,76)/b10-7-,12-9-,19-16-,21-18-,28-25-,30-27-,37-34-,39-36-. The maximum absolute atomic E-state index is 13.2. The summed E-state index contributed by atoms with van der Waals surface area (Å²) in [7, 11) is 0. The second-order valence-electron chi connectivity index (χ2n) is 21.6. The molecule has 1 aliphatic rings. The molecule has 1 saturated heterocycles. The Kier molecular flexibility index (Phi) is 51.7. The van der Waals surface area contributed by atoms with Crippen LogP contribution < -0.4 is 0 Å². The maximum Gasteiger partial charge on any atom is 0.335 e. The van der Waals surface area contributed by atoms with Crippen LogP contribution in [0.15, 0.2) is 97.2 Å². The lowest BCUT2D eigenvalue weighted by molar-refractivity contribution is -0.301. The number of carboxylic acid groups (broad SMARTS) is 1. The second kappa shape index (κ2) is 56.1. The summed E-state index contributed by atoms with van der Waals surface area (Å²) in [6, 6.07) is 0. The number of esters is 3. The highest BCUT2D eigenvalue weighted by molar-refractivity contribution is 5.74. The van der Waals surface area contributed by atoms with Crippen molar-refractivity contribution >= 4 is 23.9 Å². The molecule has 0 aliphatic carbocycles. The zero-order chi connectivity index (χ0) is 58.9. The van der Waals surface area contributed by atoms with Crippen molar-refractivity contribution in [1.82, 2.24) is 0 Å². The first-order valence-electron chi connectivity index (χ1n) is 32.2. The first kappa shape index (κ1) is 74.7. The number of unbranched alkanes of at least 4 members (excludes halogenated alkanes) is 24. The summed E-state index contributed by atoms with van der Waals surface area (Å²) < 4.78 is 28.5. The smallest absolute Gasteiger partial charge is 0.335 e. The first-order valence-corrected chi connectivity index (χ1v) is 32.2. The second-order valence-corrected chi connectivity index (χ2v) is 21.6. The molecule has 0 aromatic rings. The van der Waals surface area contributed by atoms with E-state index in [4.69, 9.17) is 23.7 Å². The number of allylic oxidation sites excluding steroid dienone is 16. The van der Waals surface area contributed by atoms with Gasteiger partial charge in [0.1, 0.15) is 18.8 Å². The van der Waals surface area contributed by atoms with Gasteiger partial charge in [-0.1, -0.05) is 246 Å². The zero-order valence-corrected chi connectivity index (χ0v) is 51.0. The molecule has 1 rings (SSSR count). The van der Waals surface area contributed by atoms with Crippen molar-refractivity contribution in [2.24, 2.45) is 0 Å². The van der Waals surface area contributed by atoms with Gasteiger partial charge in [0.05, 0.1) is 6.61 Å². The summed E-state index contributed by atoms with van der Waals surface area (Å²) in [5, 5.41) is 31.6. The van der Waals surface area contributed by atoms with Crippen molar-refractivity contribution in [1.29, 1.82) is 0 Å². The summed E-state index contributed by atoms with van der Waals surface area (Å²) in [6.45, 7) is 5.76. The van der Waals surface area contributed by atoms with E-state index in [0.717, 1.165) is 122 Å². The Morgan fingerprint density at radius 1 is 0.420 bits per heavy atom. The van der Waals surface area contributed by atoms with Crippen molar-refractivity contribution < 1.29 is 58.2 Å². The van der Waals surface area contributed by atoms with E-state index in [1.807, 2.05) is 0 Å². The third-order valence-electron chi connectivity index (χ3n) is 14.2.